The van der Waals surface area contributed by atoms with Crippen molar-refractivity contribution in [3.63, 3.8) is 0 Å². The van der Waals surface area contributed by atoms with Crippen LogP contribution < -0.4 is 0 Å². The minimum absolute atomic E-state index is 0.198. The third-order valence-corrected chi connectivity index (χ3v) is 8.03. The fourth-order valence-electron chi connectivity index (χ4n) is 3.74. The molecule has 0 spiro atoms. The lowest BCUT2D eigenvalue weighted by Crippen LogP contribution is -2.40. The second-order valence-electron chi connectivity index (χ2n) is 7.68. The van der Waals surface area contributed by atoms with Crippen LogP contribution in [0.3, 0.4) is 0 Å². The number of benzene rings is 1. The summed E-state index contributed by atoms with van der Waals surface area (Å²) in [5.74, 6) is -1.53. The van der Waals surface area contributed by atoms with Gasteiger partial charge >= 0.3 is 0 Å². The summed E-state index contributed by atoms with van der Waals surface area (Å²) in [4.78, 5) is 21.8. The molecule has 1 aromatic carbocycles. The van der Waals surface area contributed by atoms with Gasteiger partial charge in [-0.1, -0.05) is 36.4 Å². The second-order valence-corrected chi connectivity index (χ2v) is 10.4. The molecule has 33 heavy (non-hydrogen) atoms. The highest BCUT2D eigenvalue weighted by Crippen LogP contribution is 2.31. The van der Waals surface area contributed by atoms with Crippen molar-refractivity contribution in [1.82, 2.24) is 14.3 Å². The van der Waals surface area contributed by atoms with Crippen LogP contribution in [0.25, 0.3) is 17.5 Å². The van der Waals surface area contributed by atoms with Crippen molar-refractivity contribution in [3.05, 3.63) is 76.1 Å². The lowest BCUT2D eigenvalue weighted by atomic mass is 9.87. The number of aromatic nitrogens is 2. The van der Waals surface area contributed by atoms with E-state index in [-0.39, 0.29) is 24.8 Å². The van der Waals surface area contributed by atoms with Crippen LogP contribution in [0, 0.1) is 17.2 Å². The number of carbonyl (C=O) groups is 1. The largest absolute Gasteiger partial charge is 0.297 e. The number of thiazole rings is 1. The Kier molecular flexibility index (Phi) is 7.08. The lowest BCUT2D eigenvalue weighted by Gasteiger charge is -2.30. The zero-order valence-corrected chi connectivity index (χ0v) is 19.4. The summed E-state index contributed by atoms with van der Waals surface area (Å²) in [6.45, 7) is 0.486. The van der Waals surface area contributed by atoms with Crippen LogP contribution >= 0.6 is 11.3 Å². The van der Waals surface area contributed by atoms with Crippen molar-refractivity contribution in [2.24, 2.45) is 5.92 Å². The molecule has 1 aliphatic rings. The van der Waals surface area contributed by atoms with E-state index in [1.165, 1.54) is 21.1 Å². The maximum Gasteiger partial charge on any atom is 0.236 e. The van der Waals surface area contributed by atoms with Gasteiger partial charge in [-0.15, -0.1) is 11.3 Å². The van der Waals surface area contributed by atoms with E-state index in [0.29, 0.717) is 29.2 Å². The molecular formula is C24H22N4O3S2. The molecular weight excluding hydrogens is 456 g/mol. The van der Waals surface area contributed by atoms with Crippen LogP contribution in [0.1, 0.15) is 29.3 Å². The Morgan fingerprint density at radius 2 is 1.85 bits per heavy atom. The SMILES string of the molecule is N#CC(C(=O)C1CCN(S(=O)(=O)C=Cc2ccccc2)CC1)c1nc(-c2ccccn2)cs1. The molecule has 7 nitrogen and oxygen atoms in total. The molecule has 0 aliphatic carbocycles. The van der Waals surface area contributed by atoms with Gasteiger partial charge in [0.15, 0.2) is 11.7 Å². The summed E-state index contributed by atoms with van der Waals surface area (Å²) >= 11 is 1.27. The average Bonchev–Trinajstić information content (AvgIpc) is 3.34. The fraction of sp³-hybridized carbons (Fsp3) is 0.250. The van der Waals surface area contributed by atoms with Gasteiger partial charge in [0.05, 0.1) is 17.5 Å². The molecule has 0 radical (unpaired) electrons. The molecule has 1 saturated heterocycles. The van der Waals surface area contributed by atoms with Gasteiger partial charge in [0, 0.05) is 36.0 Å². The first-order chi connectivity index (χ1) is 16.0. The van der Waals surface area contributed by atoms with Crippen LogP contribution in [0.2, 0.25) is 0 Å². The van der Waals surface area contributed by atoms with Crippen LogP contribution in [-0.2, 0) is 14.8 Å². The maximum atomic E-state index is 13.1. The summed E-state index contributed by atoms with van der Waals surface area (Å²) in [6.07, 6.45) is 4.00. The van der Waals surface area contributed by atoms with Crippen LogP contribution in [0.4, 0.5) is 0 Å². The molecule has 0 bridgehead atoms. The second kappa shape index (κ2) is 10.2. The zero-order valence-electron chi connectivity index (χ0n) is 17.7. The summed E-state index contributed by atoms with van der Waals surface area (Å²) in [7, 11) is -3.58. The van der Waals surface area contributed by atoms with Crippen LogP contribution in [0.15, 0.2) is 65.5 Å². The number of piperidine rings is 1. The van der Waals surface area contributed by atoms with Gasteiger partial charge in [-0.2, -0.15) is 9.57 Å². The Morgan fingerprint density at radius 3 is 2.52 bits per heavy atom. The third kappa shape index (κ3) is 5.42. The summed E-state index contributed by atoms with van der Waals surface area (Å²) in [5, 5.41) is 13.1. The minimum Gasteiger partial charge on any atom is -0.297 e. The van der Waals surface area contributed by atoms with E-state index < -0.39 is 15.9 Å². The monoisotopic (exact) mass is 478 g/mol. The summed E-state index contributed by atoms with van der Waals surface area (Å²) < 4.78 is 26.7. The molecule has 2 aromatic heterocycles. The molecule has 4 rings (SSSR count). The predicted molar refractivity (Wildman–Crippen MR) is 127 cm³/mol. The van der Waals surface area contributed by atoms with Gasteiger partial charge in [0.2, 0.25) is 10.0 Å². The van der Waals surface area contributed by atoms with Gasteiger partial charge in [-0.3, -0.25) is 9.78 Å². The molecule has 1 fully saturated rings. The number of sulfonamides is 1. The summed E-state index contributed by atoms with van der Waals surface area (Å²) in [5.41, 5.74) is 2.12. The number of hydrogen-bond acceptors (Lipinski definition) is 7. The highest BCUT2D eigenvalue weighted by Gasteiger charge is 2.35. The number of carbonyl (C=O) groups excluding carboxylic acids is 1. The Labute approximate surface area is 197 Å². The Bertz CT molecular complexity index is 1270. The van der Waals surface area contributed by atoms with Crippen LogP contribution in [-0.4, -0.2) is 41.6 Å². The fourth-order valence-corrected chi connectivity index (χ4v) is 5.82. The highest BCUT2D eigenvalue weighted by molar-refractivity contribution is 7.92. The highest BCUT2D eigenvalue weighted by atomic mass is 32.2. The van der Waals surface area contributed by atoms with Crippen LogP contribution in [0.5, 0.6) is 0 Å². The van der Waals surface area contributed by atoms with Gasteiger partial charge in [-0.05, 0) is 36.6 Å². The van der Waals surface area contributed by atoms with Gasteiger partial charge in [0.25, 0.3) is 0 Å². The van der Waals surface area contributed by atoms with E-state index >= 15 is 0 Å². The Balaban J connectivity index is 1.40. The first-order valence-electron chi connectivity index (χ1n) is 10.5. The van der Waals surface area contributed by atoms with Crippen molar-refractivity contribution in [1.29, 1.82) is 5.26 Å². The molecule has 9 heteroatoms. The molecule has 168 valence electrons. The van der Waals surface area contributed by atoms with E-state index in [1.54, 1.807) is 17.7 Å². The number of nitrogens with zero attached hydrogens (tertiary/aromatic N) is 4. The van der Waals surface area contributed by atoms with Crippen molar-refractivity contribution < 1.29 is 13.2 Å². The molecule has 0 amide bonds. The van der Waals surface area contributed by atoms with Crippen molar-refractivity contribution in [3.8, 4) is 17.5 Å². The third-order valence-electron chi connectivity index (χ3n) is 5.56. The molecule has 3 aromatic rings. The van der Waals surface area contributed by atoms with Crippen molar-refractivity contribution in [2.75, 3.05) is 13.1 Å². The smallest absolute Gasteiger partial charge is 0.236 e. The Hall–Kier alpha value is -3.19. The standard InChI is InChI=1S/C24H22N4O3S2/c25-16-20(24-27-22(17-32-24)21-8-4-5-12-26-21)23(29)19-9-13-28(14-10-19)33(30,31)15-11-18-6-2-1-3-7-18/h1-8,11-12,15,17,19-20H,9-10,13-14H2. The first kappa shape index (κ1) is 23.0. The number of nitriles is 1. The average molecular weight is 479 g/mol. The Morgan fingerprint density at radius 1 is 1.12 bits per heavy atom. The van der Waals surface area contributed by atoms with Gasteiger partial charge < -0.3 is 0 Å². The minimum atomic E-state index is -3.58. The summed E-state index contributed by atoms with van der Waals surface area (Å²) in [6, 6.07) is 16.8. The van der Waals surface area contributed by atoms with E-state index in [9.17, 15) is 18.5 Å². The topological polar surface area (TPSA) is 104 Å². The number of Topliss-reactive ketones (excluding diaryl/α,β-unsaturated/α-hetero) is 1. The molecule has 0 N–H and O–H groups in total. The van der Waals surface area contributed by atoms with E-state index in [1.807, 2.05) is 48.5 Å². The number of pyridine rings is 1. The maximum absolute atomic E-state index is 13.1. The quantitative estimate of drug-likeness (QED) is 0.506. The lowest BCUT2D eigenvalue weighted by molar-refractivity contribution is -0.124. The zero-order chi connectivity index (χ0) is 23.3. The van der Waals surface area contributed by atoms with E-state index in [0.717, 1.165) is 5.56 Å². The van der Waals surface area contributed by atoms with Gasteiger partial charge in [0.1, 0.15) is 5.01 Å². The molecule has 3 heterocycles. The number of rotatable bonds is 7. The van der Waals surface area contributed by atoms with Crippen molar-refractivity contribution >= 4 is 33.2 Å². The molecule has 1 unspecified atom stereocenters. The first-order valence-corrected chi connectivity index (χ1v) is 12.9. The predicted octanol–water partition coefficient (Wildman–Crippen LogP) is 4.09. The molecule has 1 aliphatic heterocycles. The normalized spacial score (nSPS) is 16.5. The van der Waals surface area contributed by atoms with E-state index in [4.69, 9.17) is 0 Å². The van der Waals surface area contributed by atoms with Crippen molar-refractivity contribution in [2.45, 2.75) is 18.8 Å². The number of ketones is 1. The van der Waals surface area contributed by atoms with E-state index in [2.05, 4.69) is 16.0 Å². The molecule has 0 saturated carbocycles. The van der Waals surface area contributed by atoms with Gasteiger partial charge in [-0.25, -0.2) is 13.4 Å². The number of hydrogen-bond donors (Lipinski definition) is 0. The molecule has 1 atom stereocenters.